The molecule has 21 heavy (non-hydrogen) atoms. The van der Waals surface area contributed by atoms with Gasteiger partial charge >= 0.3 is 0 Å². The Bertz CT molecular complexity index is 516. The quantitative estimate of drug-likeness (QED) is 0.890. The van der Waals surface area contributed by atoms with Crippen LogP contribution in [-0.4, -0.2) is 39.8 Å². The van der Waals surface area contributed by atoms with Crippen LogP contribution in [0.3, 0.4) is 0 Å². The predicted molar refractivity (Wildman–Crippen MR) is 80.1 cm³/mol. The summed E-state index contributed by atoms with van der Waals surface area (Å²) in [6.45, 7) is 13.0. The molecule has 0 aliphatic heterocycles. The molecule has 0 saturated heterocycles. The van der Waals surface area contributed by atoms with E-state index in [2.05, 4.69) is 34.3 Å². The van der Waals surface area contributed by atoms with Crippen LogP contribution in [0.15, 0.2) is 0 Å². The highest BCUT2D eigenvalue weighted by Crippen LogP contribution is 2.42. The number of aromatic amines is 1. The molecule has 0 bridgehead atoms. The third kappa shape index (κ3) is 3.10. The number of carbonyl (C=O) groups is 1. The molecule has 2 atom stereocenters. The summed E-state index contributed by atoms with van der Waals surface area (Å²) in [7, 11) is 0. The Labute approximate surface area is 126 Å². The van der Waals surface area contributed by atoms with Gasteiger partial charge in [-0.15, -0.1) is 5.10 Å². The van der Waals surface area contributed by atoms with E-state index in [1.54, 1.807) is 0 Å². The van der Waals surface area contributed by atoms with Crippen LogP contribution < -0.4 is 5.32 Å². The molecule has 1 aromatic heterocycles. The van der Waals surface area contributed by atoms with E-state index in [0.717, 1.165) is 6.42 Å². The van der Waals surface area contributed by atoms with E-state index in [1.807, 2.05) is 27.7 Å². The van der Waals surface area contributed by atoms with Crippen LogP contribution in [0.2, 0.25) is 0 Å². The van der Waals surface area contributed by atoms with Gasteiger partial charge in [0.15, 0.2) is 0 Å². The minimum atomic E-state index is -0.227. The Morgan fingerprint density at radius 2 is 2.14 bits per heavy atom. The number of hydrogen-bond acceptors (Lipinski definition) is 4. The number of nitrogens with zero attached hydrogens (tertiary/aromatic N) is 2. The molecule has 0 radical (unpaired) electrons. The average Bonchev–Trinajstić information content (AvgIpc) is 2.87. The van der Waals surface area contributed by atoms with Crippen LogP contribution in [0.25, 0.3) is 0 Å². The third-order valence-corrected chi connectivity index (χ3v) is 4.25. The van der Waals surface area contributed by atoms with Crippen molar-refractivity contribution in [1.82, 2.24) is 20.5 Å². The van der Waals surface area contributed by atoms with Gasteiger partial charge in [0, 0.05) is 23.5 Å². The van der Waals surface area contributed by atoms with Crippen molar-refractivity contribution in [2.45, 2.75) is 65.5 Å². The summed E-state index contributed by atoms with van der Waals surface area (Å²) in [4.78, 5) is 16.5. The van der Waals surface area contributed by atoms with Crippen LogP contribution >= 0.6 is 0 Å². The van der Waals surface area contributed by atoms with Crippen molar-refractivity contribution in [2.24, 2.45) is 5.41 Å². The number of ether oxygens (including phenoxy) is 1. The second kappa shape index (κ2) is 5.40. The van der Waals surface area contributed by atoms with E-state index in [0.29, 0.717) is 12.4 Å². The molecular formula is C15H26N4O2. The fourth-order valence-corrected chi connectivity index (χ4v) is 2.54. The first-order valence-corrected chi connectivity index (χ1v) is 7.51. The lowest BCUT2D eigenvalue weighted by Gasteiger charge is -2.51. The fraction of sp³-hybridized carbons (Fsp3) is 0.800. The van der Waals surface area contributed by atoms with Gasteiger partial charge in [0.05, 0.1) is 6.10 Å². The maximum absolute atomic E-state index is 12.2. The van der Waals surface area contributed by atoms with Crippen LogP contribution in [-0.2, 0) is 10.2 Å². The molecule has 1 aliphatic carbocycles. The van der Waals surface area contributed by atoms with Gasteiger partial charge < -0.3 is 10.1 Å². The number of H-pyrrole nitrogens is 1. The standard InChI is InChI=1S/C15H26N4O2/c1-7-21-10-8-9(15(10,5)6)16-12(20)11-17-13(19-18-11)14(2,3)4/h9-10H,7-8H2,1-6H3,(H,16,20)(H,17,18,19). The molecule has 118 valence electrons. The van der Waals surface area contributed by atoms with Gasteiger partial charge in [0.1, 0.15) is 5.82 Å². The number of hydrogen-bond donors (Lipinski definition) is 2. The summed E-state index contributed by atoms with van der Waals surface area (Å²) in [6, 6.07) is 0.0955. The van der Waals surface area contributed by atoms with Gasteiger partial charge in [0.25, 0.3) is 5.91 Å². The molecule has 1 aliphatic rings. The summed E-state index contributed by atoms with van der Waals surface area (Å²) in [5.74, 6) is 0.693. The normalized spacial score (nSPS) is 24.5. The molecule has 1 heterocycles. The third-order valence-electron chi connectivity index (χ3n) is 4.25. The number of amides is 1. The summed E-state index contributed by atoms with van der Waals surface area (Å²) in [5.41, 5.74) is -0.212. The molecule has 0 spiro atoms. The summed E-state index contributed by atoms with van der Waals surface area (Å²) in [5, 5.41) is 9.87. The van der Waals surface area contributed by atoms with Crippen LogP contribution in [0, 0.1) is 5.41 Å². The van der Waals surface area contributed by atoms with E-state index in [-0.39, 0.29) is 34.7 Å². The van der Waals surface area contributed by atoms with Crippen molar-refractivity contribution in [3.63, 3.8) is 0 Å². The van der Waals surface area contributed by atoms with Gasteiger partial charge in [-0.25, -0.2) is 4.98 Å². The first-order chi connectivity index (χ1) is 9.66. The van der Waals surface area contributed by atoms with E-state index in [4.69, 9.17) is 4.74 Å². The van der Waals surface area contributed by atoms with Crippen LogP contribution in [0.4, 0.5) is 0 Å². The topological polar surface area (TPSA) is 79.9 Å². The van der Waals surface area contributed by atoms with Gasteiger partial charge in [-0.1, -0.05) is 34.6 Å². The van der Waals surface area contributed by atoms with Crippen LogP contribution in [0.5, 0.6) is 0 Å². The maximum atomic E-state index is 12.2. The van der Waals surface area contributed by atoms with Crippen molar-refractivity contribution >= 4 is 5.91 Å². The lowest BCUT2D eigenvalue weighted by atomic mass is 9.64. The number of carbonyl (C=O) groups excluding carboxylic acids is 1. The second-order valence-electron chi connectivity index (χ2n) is 7.28. The SMILES string of the molecule is CCOC1CC(NC(=O)c2n[nH]c(C(C)(C)C)n2)C1(C)C. The first-order valence-electron chi connectivity index (χ1n) is 7.51. The average molecular weight is 294 g/mol. The molecule has 1 aromatic rings. The molecule has 2 unspecified atom stereocenters. The lowest BCUT2D eigenvalue weighted by molar-refractivity contribution is -0.111. The first kappa shape index (κ1) is 15.9. The number of nitrogens with one attached hydrogen (secondary N) is 2. The Balaban J connectivity index is 1.98. The van der Waals surface area contributed by atoms with Gasteiger partial charge in [0.2, 0.25) is 5.82 Å². The minimum Gasteiger partial charge on any atom is -0.378 e. The monoisotopic (exact) mass is 294 g/mol. The molecule has 1 amide bonds. The molecule has 6 nitrogen and oxygen atoms in total. The summed E-state index contributed by atoms with van der Waals surface area (Å²) in [6.07, 6.45) is 1.04. The Morgan fingerprint density at radius 1 is 1.48 bits per heavy atom. The van der Waals surface area contributed by atoms with Crippen molar-refractivity contribution in [3.05, 3.63) is 11.6 Å². The molecule has 1 saturated carbocycles. The Hall–Kier alpha value is -1.43. The van der Waals surface area contributed by atoms with E-state index >= 15 is 0 Å². The highest BCUT2D eigenvalue weighted by Gasteiger charge is 2.49. The van der Waals surface area contributed by atoms with E-state index < -0.39 is 0 Å². The Morgan fingerprint density at radius 3 is 2.62 bits per heavy atom. The molecule has 6 heteroatoms. The molecular weight excluding hydrogens is 268 g/mol. The minimum absolute atomic E-state index is 0.0607. The fourth-order valence-electron chi connectivity index (χ4n) is 2.54. The van der Waals surface area contributed by atoms with Crippen molar-refractivity contribution < 1.29 is 9.53 Å². The Kier molecular flexibility index (Phi) is 4.10. The lowest BCUT2D eigenvalue weighted by Crippen LogP contribution is -2.62. The molecule has 1 fully saturated rings. The van der Waals surface area contributed by atoms with Crippen LogP contribution in [0.1, 0.15) is 64.4 Å². The molecule has 0 aromatic carbocycles. The largest absolute Gasteiger partial charge is 0.378 e. The van der Waals surface area contributed by atoms with Gasteiger partial charge in [-0.05, 0) is 13.3 Å². The summed E-state index contributed by atoms with van der Waals surface area (Å²) >= 11 is 0. The highest BCUT2D eigenvalue weighted by molar-refractivity contribution is 5.90. The van der Waals surface area contributed by atoms with Crippen molar-refractivity contribution in [3.8, 4) is 0 Å². The van der Waals surface area contributed by atoms with E-state index in [1.165, 1.54) is 0 Å². The smallest absolute Gasteiger partial charge is 0.291 e. The maximum Gasteiger partial charge on any atom is 0.291 e. The van der Waals surface area contributed by atoms with Gasteiger partial charge in [-0.2, -0.15) is 0 Å². The second-order valence-corrected chi connectivity index (χ2v) is 7.28. The molecule has 2 N–H and O–H groups in total. The van der Waals surface area contributed by atoms with Gasteiger partial charge in [-0.3, -0.25) is 9.89 Å². The van der Waals surface area contributed by atoms with E-state index in [9.17, 15) is 4.79 Å². The van der Waals surface area contributed by atoms with Crippen molar-refractivity contribution in [1.29, 1.82) is 0 Å². The number of aromatic nitrogens is 3. The number of rotatable bonds is 4. The highest BCUT2D eigenvalue weighted by atomic mass is 16.5. The van der Waals surface area contributed by atoms with Crippen molar-refractivity contribution in [2.75, 3.05) is 6.61 Å². The zero-order valence-corrected chi connectivity index (χ0v) is 13.8. The zero-order valence-electron chi connectivity index (χ0n) is 13.8. The predicted octanol–water partition coefficient (Wildman–Crippen LogP) is 2.04. The summed E-state index contributed by atoms with van der Waals surface area (Å²) < 4.78 is 5.67. The molecule has 2 rings (SSSR count). The zero-order chi connectivity index (χ0) is 15.8.